The number of nitrogens with zero attached hydrogens (tertiary/aromatic N) is 1. The monoisotopic (exact) mass is 209 g/mol. The average Bonchev–Trinajstić information content (AvgIpc) is 2.55. The molecule has 2 rings (SSSR count). The highest BCUT2D eigenvalue weighted by molar-refractivity contribution is 5.74. The Bertz CT molecular complexity index is 344. The second-order valence-electron chi connectivity index (χ2n) is 3.88. The first-order valence-electron chi connectivity index (χ1n) is 5.20. The maximum Gasteiger partial charge on any atom is 0.315 e. The highest BCUT2D eigenvalue weighted by atomic mass is 16.5. The first-order chi connectivity index (χ1) is 7.24. The Morgan fingerprint density at radius 1 is 1.67 bits per heavy atom. The van der Waals surface area contributed by atoms with E-state index in [1.54, 1.807) is 0 Å². The van der Waals surface area contributed by atoms with Crippen LogP contribution < -0.4 is 10.6 Å². The van der Waals surface area contributed by atoms with Gasteiger partial charge >= 0.3 is 6.03 Å². The second-order valence-corrected chi connectivity index (χ2v) is 3.88. The summed E-state index contributed by atoms with van der Waals surface area (Å²) in [5.74, 6) is 0.756. The zero-order valence-electron chi connectivity index (χ0n) is 8.75. The first kappa shape index (κ1) is 10.0. The van der Waals surface area contributed by atoms with Gasteiger partial charge in [-0.05, 0) is 26.2 Å². The van der Waals surface area contributed by atoms with Crippen LogP contribution in [0.1, 0.15) is 30.7 Å². The van der Waals surface area contributed by atoms with Crippen molar-refractivity contribution >= 4 is 6.03 Å². The molecule has 1 aliphatic rings. The molecule has 1 aromatic heterocycles. The molecule has 0 bridgehead atoms. The van der Waals surface area contributed by atoms with Crippen LogP contribution in [0.2, 0.25) is 0 Å². The summed E-state index contributed by atoms with van der Waals surface area (Å²) in [6, 6.07) is 2.05. The largest absolute Gasteiger partial charge is 0.361 e. The van der Waals surface area contributed by atoms with Crippen LogP contribution in [0.15, 0.2) is 10.6 Å². The molecule has 0 radical (unpaired) electrons. The number of aromatic nitrogens is 1. The SMILES string of the molecule is Cc1cc(CNC(=O)NC2CCC2)no1. The topological polar surface area (TPSA) is 67.2 Å². The third kappa shape index (κ3) is 2.71. The quantitative estimate of drug-likeness (QED) is 0.789. The van der Waals surface area contributed by atoms with Gasteiger partial charge in [-0.2, -0.15) is 0 Å². The lowest BCUT2D eigenvalue weighted by Crippen LogP contribution is -2.44. The normalized spacial score (nSPS) is 15.8. The summed E-state index contributed by atoms with van der Waals surface area (Å²) in [6.07, 6.45) is 3.40. The number of hydrogen-bond acceptors (Lipinski definition) is 3. The molecule has 0 atom stereocenters. The minimum Gasteiger partial charge on any atom is -0.361 e. The summed E-state index contributed by atoms with van der Waals surface area (Å²) < 4.78 is 4.89. The lowest BCUT2D eigenvalue weighted by atomic mass is 9.93. The average molecular weight is 209 g/mol. The van der Waals surface area contributed by atoms with Gasteiger partial charge in [0.15, 0.2) is 0 Å². The zero-order valence-corrected chi connectivity index (χ0v) is 8.75. The molecule has 0 saturated heterocycles. The molecule has 0 unspecified atom stereocenters. The number of hydrogen-bond donors (Lipinski definition) is 2. The number of amides is 2. The van der Waals surface area contributed by atoms with Crippen LogP contribution in [0.4, 0.5) is 4.79 Å². The van der Waals surface area contributed by atoms with Gasteiger partial charge in [-0.25, -0.2) is 4.79 Å². The molecule has 0 aliphatic heterocycles. The van der Waals surface area contributed by atoms with Crippen LogP contribution in [0, 0.1) is 6.92 Å². The van der Waals surface area contributed by atoms with Crippen LogP contribution in [0.5, 0.6) is 0 Å². The minimum atomic E-state index is -0.125. The van der Waals surface area contributed by atoms with E-state index in [0.717, 1.165) is 24.3 Å². The lowest BCUT2D eigenvalue weighted by Gasteiger charge is -2.26. The Hall–Kier alpha value is -1.52. The first-order valence-corrected chi connectivity index (χ1v) is 5.20. The smallest absolute Gasteiger partial charge is 0.315 e. The van der Waals surface area contributed by atoms with Crippen molar-refractivity contribution in [3.63, 3.8) is 0 Å². The van der Waals surface area contributed by atoms with Gasteiger partial charge in [0.05, 0.1) is 6.54 Å². The molecule has 0 spiro atoms. The van der Waals surface area contributed by atoms with E-state index in [2.05, 4.69) is 15.8 Å². The van der Waals surface area contributed by atoms with E-state index in [-0.39, 0.29) is 6.03 Å². The predicted molar refractivity (Wildman–Crippen MR) is 54.3 cm³/mol. The summed E-state index contributed by atoms with van der Waals surface area (Å²) in [5.41, 5.74) is 0.747. The van der Waals surface area contributed by atoms with Gasteiger partial charge in [0.25, 0.3) is 0 Å². The number of carbonyl (C=O) groups excluding carboxylic acids is 1. The van der Waals surface area contributed by atoms with Gasteiger partial charge in [-0.15, -0.1) is 0 Å². The number of aryl methyl sites for hydroxylation is 1. The van der Waals surface area contributed by atoms with Gasteiger partial charge in [0.2, 0.25) is 0 Å². The van der Waals surface area contributed by atoms with Crippen molar-refractivity contribution in [1.82, 2.24) is 15.8 Å². The molecule has 1 aromatic rings. The van der Waals surface area contributed by atoms with Crippen molar-refractivity contribution in [2.45, 2.75) is 38.8 Å². The fourth-order valence-corrected chi connectivity index (χ4v) is 1.46. The van der Waals surface area contributed by atoms with E-state index in [4.69, 9.17) is 4.52 Å². The fraction of sp³-hybridized carbons (Fsp3) is 0.600. The molecule has 1 fully saturated rings. The van der Waals surface area contributed by atoms with Gasteiger partial charge in [0, 0.05) is 12.1 Å². The van der Waals surface area contributed by atoms with Crippen molar-refractivity contribution in [3.8, 4) is 0 Å². The molecule has 82 valence electrons. The van der Waals surface area contributed by atoms with Gasteiger partial charge in [-0.3, -0.25) is 0 Å². The molecule has 0 aromatic carbocycles. The zero-order chi connectivity index (χ0) is 10.7. The van der Waals surface area contributed by atoms with Crippen LogP contribution in [0.25, 0.3) is 0 Å². The second kappa shape index (κ2) is 4.33. The molecule has 5 nitrogen and oxygen atoms in total. The number of rotatable bonds is 3. The van der Waals surface area contributed by atoms with E-state index >= 15 is 0 Å². The van der Waals surface area contributed by atoms with Crippen molar-refractivity contribution in [3.05, 3.63) is 17.5 Å². The Balaban J connectivity index is 1.70. The Morgan fingerprint density at radius 2 is 2.47 bits per heavy atom. The molecule has 1 heterocycles. The Morgan fingerprint density at radius 3 is 3.00 bits per heavy atom. The number of carbonyl (C=O) groups is 1. The van der Waals surface area contributed by atoms with E-state index < -0.39 is 0 Å². The van der Waals surface area contributed by atoms with Crippen LogP contribution in [-0.4, -0.2) is 17.2 Å². The molecular formula is C10H15N3O2. The Kier molecular flexibility index (Phi) is 2.89. The summed E-state index contributed by atoms with van der Waals surface area (Å²) in [5, 5.41) is 9.41. The molecule has 15 heavy (non-hydrogen) atoms. The van der Waals surface area contributed by atoms with Crippen molar-refractivity contribution in [1.29, 1.82) is 0 Å². The van der Waals surface area contributed by atoms with Gasteiger partial charge < -0.3 is 15.2 Å². The van der Waals surface area contributed by atoms with E-state index in [1.165, 1.54) is 6.42 Å². The molecule has 5 heteroatoms. The van der Waals surface area contributed by atoms with E-state index in [0.29, 0.717) is 12.6 Å². The summed E-state index contributed by atoms with van der Waals surface area (Å²) in [4.78, 5) is 11.3. The highest BCUT2D eigenvalue weighted by Gasteiger charge is 2.19. The predicted octanol–water partition coefficient (Wildman–Crippen LogP) is 1.33. The third-order valence-corrected chi connectivity index (χ3v) is 2.55. The summed E-state index contributed by atoms with van der Waals surface area (Å²) in [6.45, 7) is 2.24. The maximum absolute atomic E-state index is 11.3. The van der Waals surface area contributed by atoms with E-state index in [1.807, 2.05) is 13.0 Å². The number of urea groups is 1. The van der Waals surface area contributed by atoms with Crippen LogP contribution in [-0.2, 0) is 6.54 Å². The van der Waals surface area contributed by atoms with Gasteiger partial charge in [-0.1, -0.05) is 5.16 Å². The standard InChI is InChI=1S/C10H15N3O2/c1-7-5-9(13-15-7)6-11-10(14)12-8-3-2-4-8/h5,8H,2-4,6H2,1H3,(H2,11,12,14). The van der Waals surface area contributed by atoms with E-state index in [9.17, 15) is 4.79 Å². The van der Waals surface area contributed by atoms with Crippen LogP contribution in [0.3, 0.4) is 0 Å². The van der Waals surface area contributed by atoms with Crippen molar-refractivity contribution in [2.75, 3.05) is 0 Å². The molecule has 1 aliphatic carbocycles. The molecule has 2 N–H and O–H groups in total. The van der Waals surface area contributed by atoms with Crippen molar-refractivity contribution < 1.29 is 9.32 Å². The minimum absolute atomic E-state index is 0.125. The molecular weight excluding hydrogens is 194 g/mol. The van der Waals surface area contributed by atoms with Crippen LogP contribution >= 0.6 is 0 Å². The number of nitrogens with one attached hydrogen (secondary N) is 2. The highest BCUT2D eigenvalue weighted by Crippen LogP contribution is 2.17. The Labute approximate surface area is 88.2 Å². The maximum atomic E-state index is 11.3. The van der Waals surface area contributed by atoms with Crippen molar-refractivity contribution in [2.24, 2.45) is 0 Å². The van der Waals surface area contributed by atoms with Gasteiger partial charge in [0.1, 0.15) is 11.5 Å². The summed E-state index contributed by atoms with van der Waals surface area (Å²) >= 11 is 0. The molecule has 1 saturated carbocycles. The lowest BCUT2D eigenvalue weighted by molar-refractivity contribution is 0.227. The third-order valence-electron chi connectivity index (χ3n) is 2.55. The molecule has 2 amide bonds. The summed E-state index contributed by atoms with van der Waals surface area (Å²) in [7, 11) is 0. The fourth-order valence-electron chi connectivity index (χ4n) is 1.46.